The summed E-state index contributed by atoms with van der Waals surface area (Å²) < 4.78 is 0. The highest BCUT2D eigenvalue weighted by molar-refractivity contribution is 5.57. The average Bonchev–Trinajstić information content (AvgIpc) is 2.64. The van der Waals surface area contributed by atoms with Gasteiger partial charge in [-0.1, -0.05) is 42.5 Å². The van der Waals surface area contributed by atoms with Crippen LogP contribution in [0.1, 0.15) is 49.1 Å². The number of hydrogen-bond acceptors (Lipinski definition) is 3. The highest BCUT2D eigenvalue weighted by atomic mass is 16.3. The number of rotatable bonds is 7. The zero-order valence-electron chi connectivity index (χ0n) is 16.7. The molecule has 0 radical (unpaired) electrons. The number of phenolic OH excluding ortho intramolecular Hbond substituents is 1. The van der Waals surface area contributed by atoms with E-state index < -0.39 is 6.10 Å². The molecule has 2 aromatic rings. The summed E-state index contributed by atoms with van der Waals surface area (Å²) >= 11 is 0. The number of aliphatic hydroxyl groups is 1. The van der Waals surface area contributed by atoms with Gasteiger partial charge >= 0.3 is 0 Å². The van der Waals surface area contributed by atoms with Crippen molar-refractivity contribution in [3.63, 3.8) is 0 Å². The Balaban J connectivity index is 0.00000114. The molecule has 0 aliphatic carbocycles. The van der Waals surface area contributed by atoms with Gasteiger partial charge in [0.05, 0.1) is 6.10 Å². The first-order valence-electron chi connectivity index (χ1n) is 9.21. The lowest BCUT2D eigenvalue weighted by atomic mass is 9.96. The van der Waals surface area contributed by atoms with Crippen molar-refractivity contribution in [1.82, 2.24) is 5.32 Å². The zero-order valence-corrected chi connectivity index (χ0v) is 16.7. The fourth-order valence-electron chi connectivity index (χ4n) is 2.85. The van der Waals surface area contributed by atoms with E-state index in [9.17, 15) is 10.2 Å². The number of hydrogen-bond donors (Lipinski definition) is 3. The van der Waals surface area contributed by atoms with Crippen molar-refractivity contribution in [2.75, 3.05) is 6.54 Å². The van der Waals surface area contributed by atoms with Crippen LogP contribution in [0, 0.1) is 19.3 Å². The Bertz CT molecular complexity index is 757. The van der Waals surface area contributed by atoms with Gasteiger partial charge < -0.3 is 15.5 Å². The average molecular weight is 366 g/mol. The minimum atomic E-state index is -0.583. The third kappa shape index (κ3) is 7.70. The number of nitrogens with one attached hydrogen (secondary N) is 1. The molecule has 0 saturated heterocycles. The van der Waals surface area contributed by atoms with E-state index in [1.54, 1.807) is 31.2 Å². The van der Waals surface area contributed by atoms with Crippen molar-refractivity contribution in [3.05, 3.63) is 70.8 Å². The molecule has 3 N–H and O–H groups in total. The summed E-state index contributed by atoms with van der Waals surface area (Å²) in [5, 5.41) is 23.0. The second-order valence-corrected chi connectivity index (χ2v) is 6.56. The summed E-state index contributed by atoms with van der Waals surface area (Å²) in [4.78, 5) is 0. The lowest BCUT2D eigenvalue weighted by molar-refractivity contribution is 0.170. The Morgan fingerprint density at radius 1 is 1.19 bits per heavy atom. The molecule has 0 saturated carbocycles. The largest absolute Gasteiger partial charge is 0.508 e. The van der Waals surface area contributed by atoms with Gasteiger partial charge in [-0.15, -0.1) is 12.3 Å². The van der Waals surface area contributed by atoms with Gasteiger partial charge in [0, 0.05) is 12.6 Å². The van der Waals surface area contributed by atoms with Crippen LogP contribution < -0.4 is 5.32 Å². The summed E-state index contributed by atoms with van der Waals surface area (Å²) in [7, 11) is 0. The molecule has 2 aromatic carbocycles. The van der Waals surface area contributed by atoms with Gasteiger partial charge in [-0.25, -0.2) is 0 Å². The SMILES string of the molecule is C#CC.C/C=C\c1c(C)cccc1CC(C)NCC(O)c1ccc(O)cc1. The molecule has 2 unspecified atom stereocenters. The van der Waals surface area contributed by atoms with Crippen LogP contribution in [-0.2, 0) is 6.42 Å². The van der Waals surface area contributed by atoms with Crippen molar-refractivity contribution in [1.29, 1.82) is 0 Å². The second-order valence-electron chi connectivity index (χ2n) is 6.56. The molecule has 2 rings (SSSR count). The summed E-state index contributed by atoms with van der Waals surface area (Å²) in [6, 6.07) is 13.3. The normalized spacial score (nSPS) is 12.7. The predicted molar refractivity (Wildman–Crippen MR) is 115 cm³/mol. The Kier molecular flexibility index (Phi) is 9.96. The number of phenols is 1. The van der Waals surface area contributed by atoms with Crippen LogP contribution in [0.25, 0.3) is 6.08 Å². The van der Waals surface area contributed by atoms with E-state index in [2.05, 4.69) is 61.9 Å². The van der Waals surface area contributed by atoms with E-state index in [4.69, 9.17) is 0 Å². The van der Waals surface area contributed by atoms with E-state index in [0.717, 1.165) is 12.0 Å². The Morgan fingerprint density at radius 3 is 2.41 bits per heavy atom. The lowest BCUT2D eigenvalue weighted by Gasteiger charge is -2.19. The molecule has 0 spiro atoms. The van der Waals surface area contributed by atoms with Crippen LogP contribution in [0.4, 0.5) is 0 Å². The van der Waals surface area contributed by atoms with E-state index in [0.29, 0.717) is 6.54 Å². The molecule has 144 valence electrons. The predicted octanol–water partition coefficient (Wildman–Crippen LogP) is 4.63. The quantitative estimate of drug-likeness (QED) is 0.627. The highest BCUT2D eigenvalue weighted by Gasteiger charge is 2.11. The Hall–Kier alpha value is -2.54. The molecule has 3 heteroatoms. The van der Waals surface area contributed by atoms with Crippen molar-refractivity contribution in [3.8, 4) is 18.1 Å². The number of benzene rings is 2. The van der Waals surface area contributed by atoms with Crippen LogP contribution in [-0.4, -0.2) is 22.8 Å². The van der Waals surface area contributed by atoms with E-state index in [-0.39, 0.29) is 11.8 Å². The molecule has 0 aliphatic rings. The van der Waals surface area contributed by atoms with E-state index in [1.807, 2.05) is 6.92 Å². The monoisotopic (exact) mass is 365 g/mol. The third-order valence-corrected chi connectivity index (χ3v) is 4.21. The van der Waals surface area contributed by atoms with Gasteiger partial charge in [0.15, 0.2) is 0 Å². The maximum Gasteiger partial charge on any atom is 0.115 e. The van der Waals surface area contributed by atoms with Gasteiger partial charge in [0.25, 0.3) is 0 Å². The molecule has 27 heavy (non-hydrogen) atoms. The van der Waals surface area contributed by atoms with Crippen molar-refractivity contribution < 1.29 is 10.2 Å². The molecule has 0 heterocycles. The number of terminal acetylenes is 1. The van der Waals surface area contributed by atoms with Gasteiger partial charge in [-0.3, -0.25) is 0 Å². The van der Waals surface area contributed by atoms with Crippen molar-refractivity contribution in [2.45, 2.75) is 46.3 Å². The molecule has 0 fully saturated rings. The van der Waals surface area contributed by atoms with E-state index in [1.165, 1.54) is 16.7 Å². The number of allylic oxidation sites excluding steroid dienone is 1. The highest BCUT2D eigenvalue weighted by Crippen LogP contribution is 2.19. The third-order valence-electron chi connectivity index (χ3n) is 4.21. The maximum absolute atomic E-state index is 10.3. The fraction of sp³-hybridized carbons (Fsp3) is 0.333. The molecule has 0 aromatic heterocycles. The summed E-state index contributed by atoms with van der Waals surface area (Å²) in [6.45, 7) is 8.43. The standard InChI is InChI=1S/C21H27NO2.C3H4/c1-4-6-20-15(2)7-5-8-18(20)13-16(3)22-14-21(24)17-9-11-19(23)12-10-17;1-3-2/h4-12,16,21-24H,13-14H2,1-3H3;1H,2H3/b6-4-;. The Labute approximate surface area is 163 Å². The van der Waals surface area contributed by atoms with Gasteiger partial charge in [-0.2, -0.15) is 0 Å². The zero-order chi connectivity index (χ0) is 20.2. The van der Waals surface area contributed by atoms with Crippen LogP contribution in [0.15, 0.2) is 48.5 Å². The minimum absolute atomic E-state index is 0.211. The summed E-state index contributed by atoms with van der Waals surface area (Å²) in [6.07, 6.45) is 9.14. The summed E-state index contributed by atoms with van der Waals surface area (Å²) in [5.74, 6) is 2.46. The first-order chi connectivity index (χ1) is 12.9. The molecule has 2 atom stereocenters. The van der Waals surface area contributed by atoms with Gasteiger partial charge in [-0.05, 0) is 68.5 Å². The van der Waals surface area contributed by atoms with E-state index >= 15 is 0 Å². The van der Waals surface area contributed by atoms with Crippen LogP contribution >= 0.6 is 0 Å². The Morgan fingerprint density at radius 2 is 1.81 bits per heavy atom. The second kappa shape index (κ2) is 12.0. The maximum atomic E-state index is 10.3. The molecular weight excluding hydrogens is 334 g/mol. The van der Waals surface area contributed by atoms with Crippen LogP contribution in [0.2, 0.25) is 0 Å². The molecule has 0 aliphatic heterocycles. The van der Waals surface area contributed by atoms with Crippen LogP contribution in [0.5, 0.6) is 5.75 Å². The minimum Gasteiger partial charge on any atom is -0.508 e. The first-order valence-corrected chi connectivity index (χ1v) is 9.21. The van der Waals surface area contributed by atoms with Gasteiger partial charge in [0.2, 0.25) is 0 Å². The summed E-state index contributed by atoms with van der Waals surface area (Å²) in [5.41, 5.74) is 4.68. The molecule has 0 amide bonds. The smallest absolute Gasteiger partial charge is 0.115 e. The molecule has 0 bridgehead atoms. The van der Waals surface area contributed by atoms with Crippen molar-refractivity contribution >= 4 is 6.08 Å². The number of aromatic hydroxyl groups is 1. The first kappa shape index (κ1) is 22.5. The topological polar surface area (TPSA) is 52.5 Å². The van der Waals surface area contributed by atoms with Gasteiger partial charge in [0.1, 0.15) is 5.75 Å². The van der Waals surface area contributed by atoms with Crippen molar-refractivity contribution in [2.24, 2.45) is 0 Å². The lowest BCUT2D eigenvalue weighted by Crippen LogP contribution is -2.32. The molecular formula is C24H31NO2. The fourth-order valence-corrected chi connectivity index (χ4v) is 2.85. The number of aryl methyl sites for hydroxylation is 1. The molecule has 3 nitrogen and oxygen atoms in total. The number of aliphatic hydroxyl groups excluding tert-OH is 1. The van der Waals surface area contributed by atoms with Crippen LogP contribution in [0.3, 0.4) is 0 Å².